The highest BCUT2D eigenvalue weighted by atomic mass is 16.1. The van der Waals surface area contributed by atoms with Crippen LogP contribution >= 0.6 is 0 Å². The molecule has 0 unspecified atom stereocenters. The average molecular weight is 304 g/mol. The number of hydrogen-bond donors (Lipinski definition) is 1. The van der Waals surface area contributed by atoms with E-state index in [0.29, 0.717) is 12.1 Å². The summed E-state index contributed by atoms with van der Waals surface area (Å²) in [6, 6.07) is 13.6. The first kappa shape index (κ1) is 13.6. The molecular formula is C18H16N4O. The summed E-state index contributed by atoms with van der Waals surface area (Å²) < 4.78 is 3.95. The van der Waals surface area contributed by atoms with Crippen molar-refractivity contribution < 1.29 is 4.79 Å². The topological polar surface area (TPSA) is 51.3 Å². The summed E-state index contributed by atoms with van der Waals surface area (Å²) in [5.74, 6) is -0.0844. The fraction of sp³-hybridized carbons (Fsp3) is 0.111. The van der Waals surface area contributed by atoms with Crippen molar-refractivity contribution in [1.82, 2.24) is 19.3 Å². The number of fused-ring (bicyclic) bond motifs is 2. The van der Waals surface area contributed by atoms with Crippen LogP contribution in [0.25, 0.3) is 16.6 Å². The number of nitrogens with one attached hydrogen (secondary N) is 1. The fourth-order valence-corrected chi connectivity index (χ4v) is 2.84. The molecule has 0 spiro atoms. The number of imidazole rings is 1. The Kier molecular flexibility index (Phi) is 3.12. The molecule has 3 heterocycles. The quantitative estimate of drug-likeness (QED) is 0.633. The van der Waals surface area contributed by atoms with E-state index in [4.69, 9.17) is 0 Å². The number of aromatic nitrogens is 3. The van der Waals surface area contributed by atoms with Crippen LogP contribution in [0.3, 0.4) is 0 Å². The molecule has 0 saturated carbocycles. The van der Waals surface area contributed by atoms with Gasteiger partial charge in [0.25, 0.3) is 5.91 Å². The van der Waals surface area contributed by atoms with Crippen LogP contribution in [-0.2, 0) is 13.6 Å². The molecule has 0 bridgehead atoms. The third kappa shape index (κ3) is 2.36. The van der Waals surface area contributed by atoms with Crippen LogP contribution < -0.4 is 5.32 Å². The van der Waals surface area contributed by atoms with Crippen molar-refractivity contribution in [3.63, 3.8) is 0 Å². The lowest BCUT2D eigenvalue weighted by molar-refractivity contribution is 0.0952. The van der Waals surface area contributed by atoms with E-state index in [1.54, 1.807) is 0 Å². The van der Waals surface area contributed by atoms with Gasteiger partial charge in [-0.2, -0.15) is 0 Å². The first-order valence-corrected chi connectivity index (χ1v) is 7.47. The van der Waals surface area contributed by atoms with Crippen molar-refractivity contribution >= 4 is 22.5 Å². The van der Waals surface area contributed by atoms with Crippen molar-refractivity contribution in [2.75, 3.05) is 0 Å². The van der Waals surface area contributed by atoms with Gasteiger partial charge in [0.2, 0.25) is 0 Å². The minimum atomic E-state index is -0.0844. The summed E-state index contributed by atoms with van der Waals surface area (Å²) in [5, 5.41) is 3.91. The summed E-state index contributed by atoms with van der Waals surface area (Å²) in [4.78, 5) is 17.0. The van der Waals surface area contributed by atoms with E-state index in [1.807, 2.05) is 77.1 Å². The maximum atomic E-state index is 12.5. The SMILES string of the molecule is Cn1ccc2c(C(=O)NCc3cn4ccccc4n3)cccc21. The standard InChI is InChI=1S/C18H16N4O/c1-21-10-8-14-15(5-4-6-16(14)21)18(23)19-11-13-12-22-9-3-2-7-17(22)20-13/h2-10,12H,11H2,1H3,(H,19,23). The number of carbonyl (C=O) groups is 1. The lowest BCUT2D eigenvalue weighted by atomic mass is 10.1. The number of carbonyl (C=O) groups excluding carboxylic acids is 1. The van der Waals surface area contributed by atoms with E-state index >= 15 is 0 Å². The van der Waals surface area contributed by atoms with E-state index in [0.717, 1.165) is 22.2 Å². The minimum absolute atomic E-state index is 0.0844. The molecule has 5 heteroatoms. The number of amides is 1. The van der Waals surface area contributed by atoms with Crippen molar-refractivity contribution in [3.8, 4) is 0 Å². The molecule has 1 N–H and O–H groups in total. The molecule has 4 aromatic rings. The van der Waals surface area contributed by atoms with Crippen LogP contribution in [0, 0.1) is 0 Å². The molecule has 0 aliphatic carbocycles. The van der Waals surface area contributed by atoms with Crippen molar-refractivity contribution in [2.24, 2.45) is 7.05 Å². The third-order valence-electron chi connectivity index (χ3n) is 4.02. The Labute approximate surface area is 133 Å². The highest BCUT2D eigenvalue weighted by molar-refractivity contribution is 6.06. The number of rotatable bonds is 3. The number of benzene rings is 1. The second-order valence-electron chi connectivity index (χ2n) is 5.55. The first-order chi connectivity index (χ1) is 11.2. The van der Waals surface area contributed by atoms with E-state index in [1.165, 1.54) is 0 Å². The monoisotopic (exact) mass is 304 g/mol. The van der Waals surface area contributed by atoms with Crippen LogP contribution in [0.15, 0.2) is 61.1 Å². The third-order valence-corrected chi connectivity index (χ3v) is 4.02. The van der Waals surface area contributed by atoms with Crippen LogP contribution in [0.5, 0.6) is 0 Å². The van der Waals surface area contributed by atoms with E-state index in [2.05, 4.69) is 10.3 Å². The van der Waals surface area contributed by atoms with E-state index in [9.17, 15) is 4.79 Å². The summed E-state index contributed by atoms with van der Waals surface area (Å²) in [7, 11) is 1.97. The number of aryl methyl sites for hydroxylation is 1. The lowest BCUT2D eigenvalue weighted by Crippen LogP contribution is -2.23. The maximum Gasteiger partial charge on any atom is 0.252 e. The molecule has 3 aromatic heterocycles. The molecule has 114 valence electrons. The Hall–Kier alpha value is -3.08. The Morgan fingerprint density at radius 3 is 2.91 bits per heavy atom. The zero-order valence-corrected chi connectivity index (χ0v) is 12.7. The highest BCUT2D eigenvalue weighted by Crippen LogP contribution is 2.19. The van der Waals surface area contributed by atoms with Gasteiger partial charge < -0.3 is 14.3 Å². The predicted octanol–water partition coefficient (Wildman–Crippen LogP) is 2.76. The molecule has 4 rings (SSSR count). The van der Waals surface area contributed by atoms with E-state index in [-0.39, 0.29) is 5.91 Å². The summed E-state index contributed by atoms with van der Waals surface area (Å²) in [6.45, 7) is 0.406. The average Bonchev–Trinajstić information content (AvgIpc) is 3.16. The predicted molar refractivity (Wildman–Crippen MR) is 89.3 cm³/mol. The zero-order valence-electron chi connectivity index (χ0n) is 12.7. The molecule has 1 aromatic carbocycles. The lowest BCUT2D eigenvalue weighted by Gasteiger charge is -2.05. The number of nitrogens with zero attached hydrogens (tertiary/aromatic N) is 3. The van der Waals surface area contributed by atoms with Gasteiger partial charge in [0.1, 0.15) is 5.65 Å². The van der Waals surface area contributed by atoms with Crippen molar-refractivity contribution in [1.29, 1.82) is 0 Å². The molecule has 0 fully saturated rings. The van der Waals surface area contributed by atoms with Crippen molar-refractivity contribution in [3.05, 3.63) is 72.3 Å². The molecule has 0 aliphatic heterocycles. The highest BCUT2D eigenvalue weighted by Gasteiger charge is 2.11. The summed E-state index contributed by atoms with van der Waals surface area (Å²) in [5.41, 5.74) is 3.45. The second kappa shape index (κ2) is 5.28. The Balaban J connectivity index is 1.57. The fourth-order valence-electron chi connectivity index (χ4n) is 2.84. The van der Waals surface area contributed by atoms with Gasteiger partial charge >= 0.3 is 0 Å². The van der Waals surface area contributed by atoms with Gasteiger partial charge in [0, 0.05) is 42.1 Å². The Morgan fingerprint density at radius 1 is 1.13 bits per heavy atom. The van der Waals surface area contributed by atoms with Gasteiger partial charge in [-0.05, 0) is 30.3 Å². The summed E-state index contributed by atoms with van der Waals surface area (Å²) >= 11 is 0. The first-order valence-electron chi connectivity index (χ1n) is 7.47. The van der Waals surface area contributed by atoms with Gasteiger partial charge in [-0.1, -0.05) is 12.1 Å². The maximum absolute atomic E-state index is 12.5. The van der Waals surface area contributed by atoms with Crippen molar-refractivity contribution in [2.45, 2.75) is 6.54 Å². The molecule has 5 nitrogen and oxygen atoms in total. The van der Waals surface area contributed by atoms with Crippen LogP contribution in [0.2, 0.25) is 0 Å². The summed E-state index contributed by atoms with van der Waals surface area (Å²) in [6.07, 6.45) is 5.83. The van der Waals surface area contributed by atoms with E-state index < -0.39 is 0 Å². The minimum Gasteiger partial charge on any atom is -0.351 e. The Bertz CT molecular complexity index is 979. The van der Waals surface area contributed by atoms with Gasteiger partial charge in [0.15, 0.2) is 0 Å². The molecule has 0 radical (unpaired) electrons. The van der Waals surface area contributed by atoms with Crippen LogP contribution in [-0.4, -0.2) is 19.9 Å². The molecule has 1 amide bonds. The van der Waals surface area contributed by atoms with Gasteiger partial charge in [-0.15, -0.1) is 0 Å². The van der Waals surface area contributed by atoms with Gasteiger partial charge in [-0.3, -0.25) is 4.79 Å². The van der Waals surface area contributed by atoms with Crippen LogP contribution in [0.1, 0.15) is 16.1 Å². The van der Waals surface area contributed by atoms with Crippen LogP contribution in [0.4, 0.5) is 0 Å². The molecule has 0 atom stereocenters. The van der Waals surface area contributed by atoms with Gasteiger partial charge in [-0.25, -0.2) is 4.98 Å². The van der Waals surface area contributed by atoms with Gasteiger partial charge in [0.05, 0.1) is 12.2 Å². The number of pyridine rings is 1. The molecule has 0 aliphatic rings. The normalized spacial score (nSPS) is 11.2. The smallest absolute Gasteiger partial charge is 0.252 e. The second-order valence-corrected chi connectivity index (χ2v) is 5.55. The molecule has 23 heavy (non-hydrogen) atoms. The largest absolute Gasteiger partial charge is 0.351 e. The molecular weight excluding hydrogens is 288 g/mol. The number of hydrogen-bond acceptors (Lipinski definition) is 2. The zero-order chi connectivity index (χ0) is 15.8. The molecule has 0 saturated heterocycles. The Morgan fingerprint density at radius 2 is 2.04 bits per heavy atom.